The number of halogens is 3. The third-order valence-corrected chi connectivity index (χ3v) is 3.82. The zero-order valence-corrected chi connectivity index (χ0v) is 10.5. The van der Waals surface area contributed by atoms with Gasteiger partial charge in [0.25, 0.3) is 0 Å². The number of aliphatic carboxylic acids is 1. The van der Waals surface area contributed by atoms with E-state index in [2.05, 4.69) is 25.4 Å². The van der Waals surface area contributed by atoms with Crippen LogP contribution in [0, 0.1) is 0 Å². The minimum absolute atomic E-state index is 0.100. The molecule has 2 aliphatic rings. The molecule has 1 aliphatic heterocycles. The maximum absolute atomic E-state index is 12.9. The highest BCUT2D eigenvalue weighted by atomic mass is 79.9. The van der Waals surface area contributed by atoms with Crippen LogP contribution in [0.15, 0.2) is 16.6 Å². The lowest BCUT2D eigenvalue weighted by Crippen LogP contribution is -2.26. The molecule has 1 saturated carbocycles. The highest BCUT2D eigenvalue weighted by molar-refractivity contribution is 9.10. The number of hydrogen-bond acceptors (Lipinski definition) is 3. The van der Waals surface area contributed by atoms with Crippen molar-refractivity contribution >= 4 is 21.9 Å². The van der Waals surface area contributed by atoms with Crippen LogP contribution in [0.25, 0.3) is 0 Å². The molecule has 0 amide bonds. The van der Waals surface area contributed by atoms with Crippen molar-refractivity contribution in [2.24, 2.45) is 0 Å². The number of carbonyl (C=O) groups is 1. The van der Waals surface area contributed by atoms with Gasteiger partial charge in [-0.15, -0.1) is 8.78 Å². The van der Waals surface area contributed by atoms with Crippen molar-refractivity contribution < 1.29 is 28.2 Å². The number of ether oxygens (including phenoxy) is 2. The van der Waals surface area contributed by atoms with Gasteiger partial charge in [0, 0.05) is 4.47 Å². The fourth-order valence-electron chi connectivity index (χ4n) is 2.06. The predicted octanol–water partition coefficient (Wildman–Crippen LogP) is 2.89. The molecule has 3 rings (SSSR count). The summed E-state index contributed by atoms with van der Waals surface area (Å²) in [4.78, 5) is 11.2. The lowest BCUT2D eigenvalue weighted by atomic mass is 9.96. The first-order chi connectivity index (χ1) is 8.34. The van der Waals surface area contributed by atoms with Crippen molar-refractivity contribution in [1.82, 2.24) is 0 Å². The van der Waals surface area contributed by atoms with Crippen LogP contribution in [0.2, 0.25) is 0 Å². The number of fused-ring (bicyclic) bond motifs is 1. The van der Waals surface area contributed by atoms with Crippen molar-refractivity contribution in [2.75, 3.05) is 0 Å². The standard InChI is InChI=1S/C11H7BrF2O4/c12-6-4-8-7(17-11(13,14)18-8)3-5(6)10(1-2-10)9(15)16/h3-4H,1-2H2,(H,15,16). The van der Waals surface area contributed by atoms with E-state index in [1.807, 2.05) is 0 Å². The Bertz CT molecular complexity index is 554. The highest BCUT2D eigenvalue weighted by Crippen LogP contribution is 2.54. The molecular weight excluding hydrogens is 314 g/mol. The molecule has 4 nitrogen and oxygen atoms in total. The zero-order chi connectivity index (χ0) is 13.1. The second-order valence-electron chi connectivity index (χ2n) is 4.33. The lowest BCUT2D eigenvalue weighted by Gasteiger charge is -2.12. The third-order valence-electron chi connectivity index (χ3n) is 3.17. The molecule has 7 heteroatoms. The van der Waals surface area contributed by atoms with E-state index >= 15 is 0 Å². The molecule has 0 spiro atoms. The average molecular weight is 321 g/mol. The van der Waals surface area contributed by atoms with Crippen molar-refractivity contribution in [2.45, 2.75) is 24.6 Å². The summed E-state index contributed by atoms with van der Waals surface area (Å²) in [6, 6.07) is 2.62. The highest BCUT2D eigenvalue weighted by Gasteiger charge is 2.54. The molecule has 18 heavy (non-hydrogen) atoms. The second-order valence-corrected chi connectivity index (χ2v) is 5.19. The van der Waals surface area contributed by atoms with E-state index < -0.39 is 17.7 Å². The molecule has 1 aliphatic carbocycles. The van der Waals surface area contributed by atoms with Gasteiger partial charge in [-0.25, -0.2) is 0 Å². The Hall–Kier alpha value is -1.37. The fourth-order valence-corrected chi connectivity index (χ4v) is 2.76. The topological polar surface area (TPSA) is 55.8 Å². The van der Waals surface area contributed by atoms with Crippen LogP contribution in [0.5, 0.6) is 11.5 Å². The van der Waals surface area contributed by atoms with Gasteiger partial charge in [0.05, 0.1) is 5.41 Å². The Labute approximate surface area is 109 Å². The quantitative estimate of drug-likeness (QED) is 0.910. The molecule has 0 aromatic heterocycles. The Kier molecular flexibility index (Phi) is 2.17. The molecule has 0 bridgehead atoms. The van der Waals surface area contributed by atoms with Crippen LogP contribution < -0.4 is 9.47 Å². The fraction of sp³-hybridized carbons (Fsp3) is 0.364. The van der Waals surface area contributed by atoms with E-state index in [0.29, 0.717) is 22.9 Å². The van der Waals surface area contributed by atoms with Gasteiger partial charge in [-0.3, -0.25) is 4.79 Å². The molecule has 0 unspecified atom stereocenters. The Morgan fingerprint density at radius 1 is 1.28 bits per heavy atom. The van der Waals surface area contributed by atoms with Crippen molar-refractivity contribution in [3.05, 3.63) is 22.2 Å². The van der Waals surface area contributed by atoms with Crippen LogP contribution in [0.4, 0.5) is 8.78 Å². The Morgan fingerprint density at radius 2 is 1.83 bits per heavy atom. The minimum Gasteiger partial charge on any atom is -0.481 e. The maximum atomic E-state index is 12.9. The van der Waals surface area contributed by atoms with Crippen LogP contribution in [0.3, 0.4) is 0 Å². The van der Waals surface area contributed by atoms with E-state index in [9.17, 15) is 18.7 Å². The first kappa shape index (κ1) is 11.7. The largest absolute Gasteiger partial charge is 0.586 e. The minimum atomic E-state index is -3.69. The summed E-state index contributed by atoms with van der Waals surface area (Å²) in [5.41, 5.74) is -0.551. The molecular formula is C11H7BrF2O4. The first-order valence-electron chi connectivity index (χ1n) is 5.17. The van der Waals surface area contributed by atoms with Gasteiger partial charge in [-0.05, 0) is 30.5 Å². The summed E-state index contributed by atoms with van der Waals surface area (Å²) in [6.07, 6.45) is -2.73. The summed E-state index contributed by atoms with van der Waals surface area (Å²) in [7, 11) is 0. The molecule has 1 fully saturated rings. The van der Waals surface area contributed by atoms with Crippen LogP contribution in [-0.4, -0.2) is 17.4 Å². The summed E-state index contributed by atoms with van der Waals surface area (Å²) in [5, 5.41) is 9.19. The number of hydrogen-bond donors (Lipinski definition) is 1. The van der Waals surface area contributed by atoms with Crippen LogP contribution in [0.1, 0.15) is 18.4 Å². The molecule has 1 N–H and O–H groups in total. The number of carboxylic acids is 1. The summed E-state index contributed by atoms with van der Waals surface area (Å²) in [6.45, 7) is 0. The van der Waals surface area contributed by atoms with Gasteiger partial charge in [0.1, 0.15) is 0 Å². The molecule has 1 heterocycles. The van der Waals surface area contributed by atoms with Crippen molar-refractivity contribution in [3.63, 3.8) is 0 Å². The normalized spacial score (nSPS) is 21.7. The third kappa shape index (κ3) is 1.57. The van der Waals surface area contributed by atoms with E-state index in [4.69, 9.17) is 0 Å². The van der Waals surface area contributed by atoms with Crippen LogP contribution in [-0.2, 0) is 10.2 Å². The van der Waals surface area contributed by atoms with Crippen molar-refractivity contribution in [1.29, 1.82) is 0 Å². The molecule has 1 aromatic rings. The van der Waals surface area contributed by atoms with E-state index in [1.54, 1.807) is 0 Å². The monoisotopic (exact) mass is 320 g/mol. The van der Waals surface area contributed by atoms with Crippen molar-refractivity contribution in [3.8, 4) is 11.5 Å². The van der Waals surface area contributed by atoms with E-state index in [-0.39, 0.29) is 11.5 Å². The zero-order valence-electron chi connectivity index (χ0n) is 8.87. The maximum Gasteiger partial charge on any atom is 0.586 e. The van der Waals surface area contributed by atoms with E-state index in [0.717, 1.165) is 0 Å². The number of benzene rings is 1. The van der Waals surface area contributed by atoms with Gasteiger partial charge >= 0.3 is 12.3 Å². The smallest absolute Gasteiger partial charge is 0.481 e. The molecule has 0 radical (unpaired) electrons. The van der Waals surface area contributed by atoms with Gasteiger partial charge in [-0.2, -0.15) is 0 Å². The van der Waals surface area contributed by atoms with Gasteiger partial charge in [-0.1, -0.05) is 15.9 Å². The van der Waals surface area contributed by atoms with Gasteiger partial charge in [0.15, 0.2) is 11.5 Å². The number of alkyl halides is 2. The Morgan fingerprint density at radius 3 is 2.33 bits per heavy atom. The summed E-state index contributed by atoms with van der Waals surface area (Å²) < 4.78 is 34.8. The molecule has 0 atom stereocenters. The lowest BCUT2D eigenvalue weighted by molar-refractivity contribution is -0.286. The summed E-state index contributed by atoms with van der Waals surface area (Å²) in [5.74, 6) is -1.20. The second kappa shape index (κ2) is 3.34. The number of carboxylic acid groups (broad SMARTS) is 1. The molecule has 1 aromatic carbocycles. The molecule has 96 valence electrons. The average Bonchev–Trinajstić information content (AvgIpc) is 2.97. The van der Waals surface area contributed by atoms with Gasteiger partial charge < -0.3 is 14.6 Å². The SMILES string of the molecule is O=C(O)C1(c2cc3c(cc2Br)OC(F)(F)O3)CC1. The molecule has 0 saturated heterocycles. The predicted molar refractivity (Wildman–Crippen MR) is 58.9 cm³/mol. The Balaban J connectivity index is 2.08. The first-order valence-corrected chi connectivity index (χ1v) is 5.97. The number of rotatable bonds is 2. The van der Waals surface area contributed by atoms with Gasteiger partial charge in [0.2, 0.25) is 0 Å². The van der Waals surface area contributed by atoms with Crippen LogP contribution >= 0.6 is 15.9 Å². The van der Waals surface area contributed by atoms with E-state index in [1.165, 1.54) is 12.1 Å². The summed E-state index contributed by atoms with van der Waals surface area (Å²) >= 11 is 3.19.